The largest absolute Gasteiger partial charge is 0.381 e. The van der Waals surface area contributed by atoms with Gasteiger partial charge in [0.15, 0.2) is 14.6 Å². The van der Waals surface area contributed by atoms with E-state index in [0.717, 1.165) is 30.3 Å². The van der Waals surface area contributed by atoms with Crippen molar-refractivity contribution < 1.29 is 22.7 Å². The number of anilines is 1. The summed E-state index contributed by atoms with van der Waals surface area (Å²) in [5.74, 6) is -0.844. The van der Waals surface area contributed by atoms with Gasteiger partial charge in [0.2, 0.25) is 11.8 Å². The lowest BCUT2D eigenvalue weighted by Gasteiger charge is -2.34. The molecule has 0 aliphatic carbocycles. The van der Waals surface area contributed by atoms with Gasteiger partial charge in [-0.25, -0.2) is 8.42 Å². The number of hydrogen-bond donors (Lipinski definition) is 1. The predicted octanol–water partition coefficient (Wildman–Crippen LogP) is 0.676. The standard InChI is InChI=1S/C18H24N2O5S/c1-26(23,24)18(8-11-25-12-9-18)17(22)19-13-16(21)20-10-4-6-14-5-2-3-7-15(14)20/h2-3,5,7H,4,6,8-13H2,1H3,(H,19,22). The molecule has 1 N–H and O–H groups in total. The number of aryl methyl sites for hydroxylation is 1. The molecule has 2 aliphatic heterocycles. The van der Waals surface area contributed by atoms with Crippen LogP contribution >= 0.6 is 0 Å². The summed E-state index contributed by atoms with van der Waals surface area (Å²) in [5, 5.41) is 2.56. The Balaban J connectivity index is 1.70. The van der Waals surface area contributed by atoms with Crippen LogP contribution in [0.3, 0.4) is 0 Å². The van der Waals surface area contributed by atoms with E-state index in [9.17, 15) is 18.0 Å². The highest BCUT2D eigenvalue weighted by Gasteiger charge is 2.49. The van der Waals surface area contributed by atoms with Crippen LogP contribution in [-0.4, -0.2) is 57.5 Å². The number of ether oxygens (including phenoxy) is 1. The SMILES string of the molecule is CS(=O)(=O)C1(C(=O)NCC(=O)N2CCCc3ccccc32)CCOCC1. The van der Waals surface area contributed by atoms with Crippen LogP contribution in [0.1, 0.15) is 24.8 Å². The van der Waals surface area contributed by atoms with Crippen LogP contribution in [0.15, 0.2) is 24.3 Å². The van der Waals surface area contributed by atoms with Crippen LogP contribution in [0.25, 0.3) is 0 Å². The number of rotatable bonds is 4. The number of carbonyl (C=O) groups excluding carboxylic acids is 2. The first kappa shape index (κ1) is 18.8. The molecule has 0 atom stereocenters. The average molecular weight is 380 g/mol. The maximum absolute atomic E-state index is 12.7. The second kappa shape index (κ2) is 7.36. The highest BCUT2D eigenvalue weighted by molar-refractivity contribution is 7.92. The zero-order chi connectivity index (χ0) is 18.8. The minimum absolute atomic E-state index is 0.110. The first-order valence-corrected chi connectivity index (χ1v) is 10.7. The Morgan fingerprint density at radius 1 is 1.23 bits per heavy atom. The molecule has 1 aromatic rings. The van der Waals surface area contributed by atoms with E-state index in [-0.39, 0.29) is 38.5 Å². The Labute approximate surface area is 153 Å². The van der Waals surface area contributed by atoms with Gasteiger partial charge in [0.05, 0.1) is 6.54 Å². The van der Waals surface area contributed by atoms with Gasteiger partial charge >= 0.3 is 0 Å². The summed E-state index contributed by atoms with van der Waals surface area (Å²) in [7, 11) is -3.63. The minimum Gasteiger partial charge on any atom is -0.381 e. The zero-order valence-electron chi connectivity index (χ0n) is 14.9. The van der Waals surface area contributed by atoms with E-state index in [4.69, 9.17) is 4.74 Å². The van der Waals surface area contributed by atoms with Crippen LogP contribution in [0, 0.1) is 0 Å². The van der Waals surface area contributed by atoms with Gasteiger partial charge in [0.25, 0.3) is 0 Å². The third-order valence-corrected chi connectivity index (χ3v) is 7.25. The van der Waals surface area contributed by atoms with E-state index in [2.05, 4.69) is 5.32 Å². The Bertz CT molecular complexity index is 800. The van der Waals surface area contributed by atoms with Crippen molar-refractivity contribution in [3.63, 3.8) is 0 Å². The zero-order valence-corrected chi connectivity index (χ0v) is 15.7. The first-order valence-electron chi connectivity index (χ1n) is 8.79. The molecule has 142 valence electrons. The van der Waals surface area contributed by atoms with Gasteiger partial charge in [-0.3, -0.25) is 9.59 Å². The molecular formula is C18H24N2O5S. The van der Waals surface area contributed by atoms with Gasteiger partial charge in [-0.1, -0.05) is 18.2 Å². The van der Waals surface area contributed by atoms with Crippen LogP contribution in [0.5, 0.6) is 0 Å². The molecule has 0 saturated carbocycles. The summed E-state index contributed by atoms with van der Waals surface area (Å²) < 4.78 is 28.2. The molecular weight excluding hydrogens is 356 g/mol. The smallest absolute Gasteiger partial charge is 0.246 e. The van der Waals surface area contributed by atoms with Crippen molar-refractivity contribution in [2.45, 2.75) is 30.4 Å². The molecule has 1 aromatic carbocycles. The molecule has 1 saturated heterocycles. The topological polar surface area (TPSA) is 92.8 Å². The van der Waals surface area contributed by atoms with Gasteiger partial charge in [-0.15, -0.1) is 0 Å². The third kappa shape index (κ3) is 3.48. The number of para-hydroxylation sites is 1. The lowest BCUT2D eigenvalue weighted by atomic mass is 9.98. The fraction of sp³-hybridized carbons (Fsp3) is 0.556. The molecule has 7 nitrogen and oxygen atoms in total. The van der Waals surface area contributed by atoms with E-state index in [1.807, 2.05) is 24.3 Å². The number of hydrogen-bond acceptors (Lipinski definition) is 5. The maximum Gasteiger partial charge on any atom is 0.246 e. The number of nitrogens with zero attached hydrogens (tertiary/aromatic N) is 1. The maximum atomic E-state index is 12.7. The number of sulfone groups is 1. The highest BCUT2D eigenvalue weighted by Crippen LogP contribution is 2.30. The van der Waals surface area contributed by atoms with E-state index in [0.29, 0.717) is 6.54 Å². The monoisotopic (exact) mass is 380 g/mol. The summed E-state index contributed by atoms with van der Waals surface area (Å²) in [6.45, 7) is 0.809. The van der Waals surface area contributed by atoms with Crippen molar-refractivity contribution >= 4 is 27.3 Å². The molecule has 8 heteroatoms. The fourth-order valence-electron chi connectivity index (χ4n) is 3.67. The van der Waals surface area contributed by atoms with Crippen LogP contribution < -0.4 is 10.2 Å². The Morgan fingerprint density at radius 2 is 1.92 bits per heavy atom. The summed E-state index contributed by atoms with van der Waals surface area (Å²) in [6, 6.07) is 7.71. The number of carbonyl (C=O) groups is 2. The fourth-order valence-corrected chi connectivity index (χ4v) is 4.99. The van der Waals surface area contributed by atoms with Crippen molar-refractivity contribution in [3.8, 4) is 0 Å². The summed E-state index contributed by atoms with van der Waals surface area (Å²) in [6.07, 6.45) is 3.07. The van der Waals surface area contributed by atoms with Crippen molar-refractivity contribution in [3.05, 3.63) is 29.8 Å². The van der Waals surface area contributed by atoms with Crippen molar-refractivity contribution in [1.29, 1.82) is 0 Å². The Morgan fingerprint density at radius 3 is 2.62 bits per heavy atom. The highest BCUT2D eigenvalue weighted by atomic mass is 32.2. The molecule has 2 aliphatic rings. The van der Waals surface area contributed by atoms with E-state index in [1.165, 1.54) is 0 Å². The van der Waals surface area contributed by atoms with Crippen molar-refractivity contribution in [2.24, 2.45) is 0 Å². The first-order chi connectivity index (χ1) is 12.3. The Hall–Kier alpha value is -1.93. The van der Waals surface area contributed by atoms with Gasteiger partial charge in [-0.2, -0.15) is 0 Å². The van der Waals surface area contributed by atoms with Crippen LogP contribution in [0.2, 0.25) is 0 Å². The van der Waals surface area contributed by atoms with E-state index in [1.54, 1.807) is 4.90 Å². The molecule has 0 aromatic heterocycles. The van der Waals surface area contributed by atoms with E-state index < -0.39 is 20.5 Å². The minimum atomic E-state index is -3.63. The summed E-state index contributed by atoms with van der Waals surface area (Å²) >= 11 is 0. The normalized spacial score (nSPS) is 19.5. The second-order valence-electron chi connectivity index (χ2n) is 6.84. The van der Waals surface area contributed by atoms with Crippen LogP contribution in [0.4, 0.5) is 5.69 Å². The lowest BCUT2D eigenvalue weighted by molar-refractivity contribution is -0.128. The quantitative estimate of drug-likeness (QED) is 0.829. The lowest BCUT2D eigenvalue weighted by Crippen LogP contribution is -2.56. The molecule has 26 heavy (non-hydrogen) atoms. The van der Waals surface area contributed by atoms with Crippen molar-refractivity contribution in [1.82, 2.24) is 5.32 Å². The van der Waals surface area contributed by atoms with Gasteiger partial charge in [-0.05, 0) is 37.3 Å². The third-order valence-electron chi connectivity index (χ3n) is 5.24. The molecule has 1 fully saturated rings. The van der Waals surface area contributed by atoms with Gasteiger partial charge in [0.1, 0.15) is 0 Å². The number of nitrogens with one attached hydrogen (secondary N) is 1. The molecule has 0 spiro atoms. The average Bonchev–Trinajstić information content (AvgIpc) is 2.65. The molecule has 0 unspecified atom stereocenters. The summed E-state index contributed by atoms with van der Waals surface area (Å²) in [5.41, 5.74) is 1.97. The van der Waals surface area contributed by atoms with Gasteiger partial charge in [0, 0.05) is 31.7 Å². The Kier molecular flexibility index (Phi) is 5.34. The molecule has 0 radical (unpaired) electrons. The van der Waals surface area contributed by atoms with Crippen molar-refractivity contribution in [2.75, 3.05) is 37.5 Å². The number of amides is 2. The summed E-state index contributed by atoms with van der Waals surface area (Å²) in [4.78, 5) is 27.0. The molecule has 3 rings (SSSR count). The second-order valence-corrected chi connectivity index (χ2v) is 9.16. The van der Waals surface area contributed by atoms with Gasteiger partial charge < -0.3 is 15.0 Å². The molecule has 2 heterocycles. The van der Waals surface area contributed by atoms with Crippen LogP contribution in [-0.2, 0) is 30.6 Å². The predicted molar refractivity (Wildman–Crippen MR) is 97.8 cm³/mol. The molecule has 2 amide bonds. The number of fused-ring (bicyclic) bond motifs is 1. The molecule has 0 bridgehead atoms. The number of benzene rings is 1. The van der Waals surface area contributed by atoms with E-state index >= 15 is 0 Å².